The SMILES string of the molecule is CCOC(=O)C1=C(C)N=c2s/c(=C\c3ccc(-c4cccc(Br)c4)o3)c(=O)n2[C@H]1c1ccccc1OC(C)C. The number of furan rings is 1. The number of carbonyl (C=O) groups is 1. The molecule has 9 heteroatoms. The zero-order chi connectivity index (χ0) is 27.7. The number of rotatable bonds is 7. The topological polar surface area (TPSA) is 83.0 Å². The van der Waals surface area contributed by atoms with Crippen molar-refractivity contribution in [1.29, 1.82) is 0 Å². The number of benzene rings is 2. The number of hydrogen-bond donors (Lipinski definition) is 0. The molecule has 0 N–H and O–H groups in total. The molecule has 0 radical (unpaired) electrons. The molecule has 4 aromatic rings. The molecule has 5 rings (SSSR count). The predicted octanol–water partition coefficient (Wildman–Crippen LogP) is 5.61. The van der Waals surface area contributed by atoms with Gasteiger partial charge in [0.05, 0.1) is 28.5 Å². The molecule has 0 bridgehead atoms. The summed E-state index contributed by atoms with van der Waals surface area (Å²) in [7, 11) is 0. The zero-order valence-electron chi connectivity index (χ0n) is 21.9. The largest absolute Gasteiger partial charge is 0.491 e. The third kappa shape index (κ3) is 5.42. The summed E-state index contributed by atoms with van der Waals surface area (Å²) in [6.45, 7) is 7.58. The van der Waals surface area contributed by atoms with Crippen LogP contribution in [0.15, 0.2) is 90.6 Å². The van der Waals surface area contributed by atoms with Crippen molar-refractivity contribution in [3.05, 3.63) is 107 Å². The van der Waals surface area contributed by atoms with Crippen LogP contribution in [0, 0.1) is 0 Å². The Hall–Kier alpha value is -3.69. The van der Waals surface area contributed by atoms with Crippen LogP contribution in [0.2, 0.25) is 0 Å². The van der Waals surface area contributed by atoms with E-state index in [2.05, 4.69) is 20.9 Å². The van der Waals surface area contributed by atoms with Crippen LogP contribution in [0.5, 0.6) is 5.75 Å². The van der Waals surface area contributed by atoms with E-state index in [-0.39, 0.29) is 18.3 Å². The molecule has 0 saturated carbocycles. The number of esters is 1. The summed E-state index contributed by atoms with van der Waals surface area (Å²) in [5.41, 5.74) is 2.14. The Labute approximate surface area is 237 Å². The number of fused-ring (bicyclic) bond motifs is 1. The summed E-state index contributed by atoms with van der Waals surface area (Å²) in [4.78, 5) is 32.2. The Balaban J connectivity index is 1.67. The molecule has 200 valence electrons. The van der Waals surface area contributed by atoms with Crippen LogP contribution < -0.4 is 19.6 Å². The first-order valence-electron chi connectivity index (χ1n) is 12.6. The number of halogens is 1. The van der Waals surface area contributed by atoms with E-state index in [1.807, 2.05) is 74.5 Å². The van der Waals surface area contributed by atoms with E-state index in [0.717, 1.165) is 10.0 Å². The lowest BCUT2D eigenvalue weighted by atomic mass is 9.95. The lowest BCUT2D eigenvalue weighted by Crippen LogP contribution is -2.40. The van der Waals surface area contributed by atoms with Crippen molar-refractivity contribution in [2.75, 3.05) is 6.61 Å². The van der Waals surface area contributed by atoms with Crippen LogP contribution in [-0.2, 0) is 9.53 Å². The molecule has 1 aliphatic rings. The Morgan fingerprint density at radius 2 is 1.97 bits per heavy atom. The van der Waals surface area contributed by atoms with Crippen molar-refractivity contribution in [2.45, 2.75) is 39.8 Å². The lowest BCUT2D eigenvalue weighted by molar-refractivity contribution is -0.139. The molecule has 2 aromatic heterocycles. The van der Waals surface area contributed by atoms with E-state index in [1.165, 1.54) is 11.3 Å². The molecule has 0 spiro atoms. The minimum Gasteiger partial charge on any atom is -0.491 e. The number of hydrogen-bond acceptors (Lipinski definition) is 7. The fraction of sp³-hybridized carbons (Fsp3) is 0.233. The summed E-state index contributed by atoms with van der Waals surface area (Å²) in [6.07, 6.45) is 1.61. The number of thiazole rings is 1. The second-order valence-corrected chi connectivity index (χ2v) is 11.1. The maximum atomic E-state index is 13.9. The highest BCUT2D eigenvalue weighted by Crippen LogP contribution is 2.36. The highest BCUT2D eigenvalue weighted by atomic mass is 79.9. The van der Waals surface area contributed by atoms with Gasteiger partial charge in [-0.05, 0) is 58.0 Å². The molecule has 0 saturated heterocycles. The van der Waals surface area contributed by atoms with E-state index in [4.69, 9.17) is 13.9 Å². The average Bonchev–Trinajstić information content (AvgIpc) is 3.48. The number of para-hydroxylation sites is 1. The third-order valence-electron chi connectivity index (χ3n) is 6.10. The smallest absolute Gasteiger partial charge is 0.338 e. The Kier molecular flexibility index (Phi) is 7.72. The van der Waals surface area contributed by atoms with Crippen LogP contribution in [-0.4, -0.2) is 23.2 Å². The summed E-state index contributed by atoms with van der Waals surface area (Å²) in [5, 5.41) is 0. The zero-order valence-corrected chi connectivity index (χ0v) is 24.3. The van der Waals surface area contributed by atoms with Gasteiger partial charge in [-0.3, -0.25) is 9.36 Å². The van der Waals surface area contributed by atoms with E-state index >= 15 is 0 Å². The fourth-order valence-corrected chi connectivity index (χ4v) is 5.94. The van der Waals surface area contributed by atoms with Crippen molar-refractivity contribution in [3.63, 3.8) is 0 Å². The van der Waals surface area contributed by atoms with Crippen molar-refractivity contribution < 1.29 is 18.7 Å². The Bertz CT molecular complexity index is 1760. The van der Waals surface area contributed by atoms with Gasteiger partial charge in [0.2, 0.25) is 0 Å². The van der Waals surface area contributed by atoms with Gasteiger partial charge in [-0.1, -0.05) is 57.6 Å². The van der Waals surface area contributed by atoms with Crippen molar-refractivity contribution in [1.82, 2.24) is 4.57 Å². The Morgan fingerprint density at radius 1 is 1.18 bits per heavy atom. The number of allylic oxidation sites excluding steroid dienone is 1. The minimum absolute atomic E-state index is 0.100. The van der Waals surface area contributed by atoms with Gasteiger partial charge in [0, 0.05) is 21.7 Å². The summed E-state index contributed by atoms with van der Waals surface area (Å²) in [5.74, 6) is 1.31. The van der Waals surface area contributed by atoms with Gasteiger partial charge in [0.15, 0.2) is 4.80 Å². The molecule has 7 nitrogen and oxygen atoms in total. The van der Waals surface area contributed by atoms with Gasteiger partial charge in [-0.2, -0.15) is 0 Å². The molecular formula is C30H27BrN2O5S. The highest BCUT2D eigenvalue weighted by Gasteiger charge is 2.35. The lowest BCUT2D eigenvalue weighted by Gasteiger charge is -2.26. The molecule has 0 fully saturated rings. The quantitative estimate of drug-likeness (QED) is 0.255. The molecule has 0 aliphatic carbocycles. The number of aromatic nitrogens is 1. The number of carbonyl (C=O) groups excluding carboxylic acids is 1. The highest BCUT2D eigenvalue weighted by molar-refractivity contribution is 9.10. The molecule has 39 heavy (non-hydrogen) atoms. The number of ether oxygens (including phenoxy) is 2. The molecule has 1 atom stereocenters. The predicted molar refractivity (Wildman–Crippen MR) is 154 cm³/mol. The van der Waals surface area contributed by atoms with Gasteiger partial charge in [-0.15, -0.1) is 0 Å². The van der Waals surface area contributed by atoms with Crippen LogP contribution in [0.1, 0.15) is 45.1 Å². The van der Waals surface area contributed by atoms with E-state index < -0.39 is 12.0 Å². The van der Waals surface area contributed by atoms with Gasteiger partial charge in [0.1, 0.15) is 23.3 Å². The third-order valence-corrected chi connectivity index (χ3v) is 7.58. The van der Waals surface area contributed by atoms with Crippen LogP contribution >= 0.6 is 27.3 Å². The van der Waals surface area contributed by atoms with Gasteiger partial charge in [-0.25, -0.2) is 9.79 Å². The van der Waals surface area contributed by atoms with Gasteiger partial charge < -0.3 is 13.9 Å². The Morgan fingerprint density at radius 3 is 2.72 bits per heavy atom. The molecule has 1 aliphatic heterocycles. The first kappa shape index (κ1) is 26.9. The molecule has 0 unspecified atom stereocenters. The molecule has 0 amide bonds. The average molecular weight is 608 g/mol. The van der Waals surface area contributed by atoms with E-state index in [0.29, 0.717) is 43.4 Å². The molecular weight excluding hydrogens is 580 g/mol. The first-order chi connectivity index (χ1) is 18.8. The summed E-state index contributed by atoms with van der Waals surface area (Å²) < 4.78 is 20.5. The van der Waals surface area contributed by atoms with Crippen LogP contribution in [0.25, 0.3) is 17.4 Å². The van der Waals surface area contributed by atoms with Gasteiger partial charge >= 0.3 is 5.97 Å². The second kappa shape index (κ2) is 11.2. The molecule has 2 aromatic carbocycles. The van der Waals surface area contributed by atoms with Crippen LogP contribution in [0.3, 0.4) is 0 Å². The van der Waals surface area contributed by atoms with Gasteiger partial charge in [0.25, 0.3) is 5.56 Å². The summed E-state index contributed by atoms with van der Waals surface area (Å²) in [6, 6.07) is 18.2. The minimum atomic E-state index is -0.758. The second-order valence-electron chi connectivity index (χ2n) is 9.22. The first-order valence-corrected chi connectivity index (χ1v) is 14.2. The fourth-order valence-electron chi connectivity index (χ4n) is 4.51. The van der Waals surface area contributed by atoms with Crippen molar-refractivity contribution >= 4 is 39.3 Å². The standard InChI is InChI=1S/C30H27BrN2O5S/c1-5-36-29(35)26-18(4)32-30-33(27(26)22-11-6-7-12-24(22)37-17(2)3)28(34)25(39-30)16-21-13-14-23(38-21)19-9-8-10-20(31)15-19/h6-17,27H,5H2,1-4H3/b25-16-/t27-/m0/s1. The van der Waals surface area contributed by atoms with Crippen molar-refractivity contribution in [2.24, 2.45) is 4.99 Å². The normalized spacial score (nSPS) is 15.3. The van der Waals surface area contributed by atoms with E-state index in [1.54, 1.807) is 24.5 Å². The maximum absolute atomic E-state index is 13.9. The molecule has 3 heterocycles. The maximum Gasteiger partial charge on any atom is 0.338 e. The summed E-state index contributed by atoms with van der Waals surface area (Å²) >= 11 is 4.73. The van der Waals surface area contributed by atoms with E-state index in [9.17, 15) is 9.59 Å². The van der Waals surface area contributed by atoms with Crippen molar-refractivity contribution in [3.8, 4) is 17.1 Å². The van der Waals surface area contributed by atoms with Crippen LogP contribution in [0.4, 0.5) is 0 Å². The monoisotopic (exact) mass is 606 g/mol. The number of nitrogens with zero attached hydrogens (tertiary/aromatic N) is 2.